The molecule has 1 atom stereocenters. The molecule has 9 heteroatoms. The Kier molecular flexibility index (Phi) is 5.09. The zero-order chi connectivity index (χ0) is 18.2. The van der Waals surface area contributed by atoms with Crippen LogP contribution in [0, 0.1) is 6.92 Å². The topological polar surface area (TPSA) is 81.1 Å². The second-order valence-electron chi connectivity index (χ2n) is 6.15. The molecule has 0 saturated carbocycles. The minimum atomic E-state index is -3.04. The second-order valence-corrected chi connectivity index (χ2v) is 9.19. The Balaban J connectivity index is 1.74. The van der Waals surface area contributed by atoms with Gasteiger partial charge in [-0.15, -0.1) is 0 Å². The van der Waals surface area contributed by atoms with Crippen molar-refractivity contribution in [2.75, 3.05) is 16.8 Å². The van der Waals surface area contributed by atoms with Crippen LogP contribution in [0.4, 0.5) is 5.82 Å². The molecule has 0 spiro atoms. The van der Waals surface area contributed by atoms with Gasteiger partial charge in [-0.1, -0.05) is 29.3 Å². The summed E-state index contributed by atoms with van der Waals surface area (Å²) in [5.74, 6) is 0.460. The molecule has 1 aliphatic heterocycles. The van der Waals surface area contributed by atoms with Crippen LogP contribution >= 0.6 is 23.2 Å². The van der Waals surface area contributed by atoms with E-state index in [1.165, 1.54) is 0 Å². The third-order valence-corrected chi connectivity index (χ3v) is 6.52. The van der Waals surface area contributed by atoms with Crippen LogP contribution in [-0.2, 0) is 21.1 Å². The highest BCUT2D eigenvalue weighted by molar-refractivity contribution is 7.91. The van der Waals surface area contributed by atoms with Gasteiger partial charge in [-0.2, -0.15) is 5.10 Å². The molecule has 1 fully saturated rings. The maximum atomic E-state index is 12.3. The summed E-state index contributed by atoms with van der Waals surface area (Å²) >= 11 is 11.8. The molecule has 1 amide bonds. The second kappa shape index (κ2) is 6.97. The van der Waals surface area contributed by atoms with Crippen molar-refractivity contribution in [3.8, 4) is 0 Å². The highest BCUT2D eigenvalue weighted by atomic mass is 35.5. The van der Waals surface area contributed by atoms with Crippen LogP contribution in [0.1, 0.15) is 23.7 Å². The van der Waals surface area contributed by atoms with Crippen LogP contribution in [0.5, 0.6) is 0 Å². The number of amides is 1. The first-order valence-corrected chi connectivity index (χ1v) is 10.3. The van der Waals surface area contributed by atoms with Crippen molar-refractivity contribution in [1.82, 2.24) is 9.78 Å². The Morgan fingerprint density at radius 3 is 2.72 bits per heavy atom. The average Bonchev–Trinajstić information content (AvgIpc) is 3.05. The van der Waals surface area contributed by atoms with E-state index in [9.17, 15) is 13.2 Å². The van der Waals surface area contributed by atoms with Gasteiger partial charge < -0.3 is 5.32 Å². The number of aromatic nitrogens is 2. The Hall–Kier alpha value is -1.57. The summed E-state index contributed by atoms with van der Waals surface area (Å²) in [6.07, 6.45) is 0.628. The largest absolute Gasteiger partial charge is 0.311 e. The van der Waals surface area contributed by atoms with Gasteiger partial charge in [0.15, 0.2) is 9.84 Å². The fourth-order valence-electron chi connectivity index (χ4n) is 2.88. The number of halogens is 2. The van der Waals surface area contributed by atoms with Gasteiger partial charge in [-0.25, -0.2) is 13.1 Å². The normalized spacial score (nSPS) is 19.1. The van der Waals surface area contributed by atoms with Crippen LogP contribution in [0.25, 0.3) is 0 Å². The predicted octanol–water partition coefficient (Wildman–Crippen LogP) is 3.04. The lowest BCUT2D eigenvalue weighted by Crippen LogP contribution is -2.20. The highest BCUT2D eigenvalue weighted by Crippen LogP contribution is 2.27. The molecule has 1 aromatic heterocycles. The van der Waals surface area contributed by atoms with E-state index in [1.807, 2.05) is 0 Å². The lowest BCUT2D eigenvalue weighted by Gasteiger charge is -2.14. The van der Waals surface area contributed by atoms with Crippen molar-refractivity contribution in [2.45, 2.75) is 25.8 Å². The van der Waals surface area contributed by atoms with Gasteiger partial charge >= 0.3 is 0 Å². The number of nitrogens with zero attached hydrogens (tertiary/aromatic N) is 2. The summed E-state index contributed by atoms with van der Waals surface area (Å²) in [6, 6.07) is 6.51. The summed E-state index contributed by atoms with van der Waals surface area (Å²) in [7, 11) is -3.04. The summed E-state index contributed by atoms with van der Waals surface area (Å²) in [5, 5.41) is 7.98. The molecule has 0 radical (unpaired) electrons. The molecule has 1 aliphatic rings. The minimum Gasteiger partial charge on any atom is -0.311 e. The van der Waals surface area contributed by atoms with E-state index in [0.29, 0.717) is 28.0 Å². The lowest BCUT2D eigenvalue weighted by atomic mass is 10.1. The summed E-state index contributed by atoms with van der Waals surface area (Å²) in [5.41, 5.74) is 1.45. The number of anilines is 1. The molecule has 25 heavy (non-hydrogen) atoms. The predicted molar refractivity (Wildman–Crippen MR) is 98.1 cm³/mol. The number of rotatable bonds is 4. The molecule has 1 N–H and O–H groups in total. The number of nitrogens with one attached hydrogen (secondary N) is 1. The van der Waals surface area contributed by atoms with Gasteiger partial charge in [0, 0.05) is 6.07 Å². The van der Waals surface area contributed by atoms with Crippen LogP contribution in [0.15, 0.2) is 24.3 Å². The number of carbonyl (C=O) groups excluding carboxylic acids is 1. The van der Waals surface area contributed by atoms with E-state index in [1.54, 1.807) is 35.9 Å². The van der Waals surface area contributed by atoms with E-state index in [0.717, 1.165) is 5.56 Å². The molecule has 2 aromatic rings. The number of hydrogen-bond acceptors (Lipinski definition) is 4. The van der Waals surface area contributed by atoms with Crippen molar-refractivity contribution >= 4 is 44.8 Å². The fourth-order valence-corrected chi connectivity index (χ4v) is 4.89. The Bertz CT molecular complexity index is 925. The van der Waals surface area contributed by atoms with Gasteiger partial charge in [-0.05, 0) is 31.0 Å². The van der Waals surface area contributed by atoms with E-state index in [-0.39, 0.29) is 29.9 Å². The Morgan fingerprint density at radius 1 is 1.32 bits per heavy atom. The molecular formula is C16H17Cl2N3O3S. The highest BCUT2D eigenvalue weighted by Gasteiger charge is 2.31. The van der Waals surface area contributed by atoms with Crippen LogP contribution in [0.2, 0.25) is 10.0 Å². The number of sulfone groups is 1. The quantitative estimate of drug-likeness (QED) is 0.853. The first-order chi connectivity index (χ1) is 11.7. The van der Waals surface area contributed by atoms with Gasteiger partial charge in [0.1, 0.15) is 5.82 Å². The molecule has 0 unspecified atom stereocenters. The SMILES string of the molecule is Cc1cc(NC(=O)Cc2ccc(Cl)c(Cl)c2)n([C@@H]2CCS(=O)(=O)C2)n1. The molecule has 3 rings (SSSR count). The smallest absolute Gasteiger partial charge is 0.229 e. The number of aryl methyl sites for hydroxylation is 1. The van der Waals surface area contributed by atoms with Gasteiger partial charge in [-0.3, -0.25) is 4.79 Å². The van der Waals surface area contributed by atoms with Crippen molar-refractivity contribution in [3.05, 3.63) is 45.6 Å². The van der Waals surface area contributed by atoms with Gasteiger partial charge in [0.25, 0.3) is 0 Å². The Labute approximate surface area is 156 Å². The van der Waals surface area contributed by atoms with Crippen LogP contribution < -0.4 is 5.32 Å². The average molecular weight is 402 g/mol. The third-order valence-electron chi connectivity index (χ3n) is 4.03. The van der Waals surface area contributed by atoms with Gasteiger partial charge in [0.05, 0.1) is 39.7 Å². The molecule has 1 aromatic carbocycles. The molecule has 6 nitrogen and oxygen atoms in total. The molecule has 134 valence electrons. The summed E-state index contributed by atoms with van der Waals surface area (Å²) < 4.78 is 25.0. The van der Waals surface area contributed by atoms with Crippen LogP contribution in [-0.4, -0.2) is 35.6 Å². The first kappa shape index (κ1) is 18.2. The van der Waals surface area contributed by atoms with E-state index >= 15 is 0 Å². The van der Waals surface area contributed by atoms with Gasteiger partial charge in [0.2, 0.25) is 5.91 Å². The van der Waals surface area contributed by atoms with Crippen molar-refractivity contribution < 1.29 is 13.2 Å². The zero-order valence-corrected chi connectivity index (χ0v) is 15.8. The summed E-state index contributed by atoms with van der Waals surface area (Å²) in [4.78, 5) is 12.3. The standard InChI is InChI=1S/C16H17Cl2N3O3S/c1-10-6-15(21(20-10)12-4-5-25(23,24)9-12)19-16(22)8-11-2-3-13(17)14(18)7-11/h2-3,6-7,12H,4-5,8-9H2,1H3,(H,19,22)/t12-/m1/s1. The summed E-state index contributed by atoms with van der Waals surface area (Å²) in [6.45, 7) is 1.80. The minimum absolute atomic E-state index is 0.0454. The number of carbonyl (C=O) groups is 1. The van der Waals surface area contributed by atoms with Crippen molar-refractivity contribution in [2.24, 2.45) is 0 Å². The molecule has 0 aliphatic carbocycles. The monoisotopic (exact) mass is 401 g/mol. The van der Waals surface area contributed by atoms with Crippen molar-refractivity contribution in [3.63, 3.8) is 0 Å². The van der Waals surface area contributed by atoms with E-state index in [2.05, 4.69) is 10.4 Å². The van der Waals surface area contributed by atoms with E-state index < -0.39 is 9.84 Å². The lowest BCUT2D eigenvalue weighted by molar-refractivity contribution is -0.115. The fraction of sp³-hybridized carbons (Fsp3) is 0.375. The molecular weight excluding hydrogens is 385 g/mol. The maximum Gasteiger partial charge on any atom is 0.229 e. The third kappa shape index (κ3) is 4.34. The first-order valence-electron chi connectivity index (χ1n) is 7.74. The maximum absolute atomic E-state index is 12.3. The molecule has 2 heterocycles. The number of hydrogen-bond donors (Lipinski definition) is 1. The van der Waals surface area contributed by atoms with Crippen molar-refractivity contribution in [1.29, 1.82) is 0 Å². The Morgan fingerprint density at radius 2 is 2.08 bits per heavy atom. The van der Waals surface area contributed by atoms with E-state index in [4.69, 9.17) is 23.2 Å². The zero-order valence-electron chi connectivity index (χ0n) is 13.5. The number of benzene rings is 1. The van der Waals surface area contributed by atoms with Crippen LogP contribution in [0.3, 0.4) is 0 Å². The molecule has 1 saturated heterocycles. The molecule has 0 bridgehead atoms.